The Morgan fingerprint density at radius 2 is 1.56 bits per heavy atom. The fourth-order valence-electron chi connectivity index (χ4n) is 4.48. The van der Waals surface area contributed by atoms with Crippen LogP contribution in [0.1, 0.15) is 68.4 Å². The van der Waals surface area contributed by atoms with Crippen molar-refractivity contribution in [2.75, 3.05) is 7.11 Å². The van der Waals surface area contributed by atoms with E-state index < -0.39 is 0 Å². The van der Waals surface area contributed by atoms with Crippen LogP contribution in [0, 0.1) is 13.8 Å². The maximum Gasteiger partial charge on any atom is 0.196 e. The van der Waals surface area contributed by atoms with Gasteiger partial charge in [-0.05, 0) is 83.3 Å². The van der Waals surface area contributed by atoms with Crippen molar-refractivity contribution in [3.63, 3.8) is 0 Å². The Morgan fingerprint density at radius 1 is 0.917 bits per heavy atom. The minimum absolute atomic E-state index is 0.134. The Balaban J connectivity index is 1.77. The minimum atomic E-state index is 0.134. The lowest BCUT2D eigenvalue weighted by Gasteiger charge is -2.22. The number of hydrogen-bond acceptors (Lipinski definition) is 4. The lowest BCUT2D eigenvalue weighted by Crippen LogP contribution is -2.12. The third-order valence-electron chi connectivity index (χ3n) is 6.69. The van der Waals surface area contributed by atoms with E-state index in [1.807, 2.05) is 24.3 Å². The van der Waals surface area contributed by atoms with Gasteiger partial charge in [-0.25, -0.2) is 0 Å². The van der Waals surface area contributed by atoms with E-state index in [0.717, 1.165) is 33.7 Å². The summed E-state index contributed by atoms with van der Waals surface area (Å²) in [6.45, 7) is 15.7. The molecule has 1 heterocycles. The number of para-hydroxylation sites is 1. The van der Waals surface area contributed by atoms with E-state index in [1.54, 1.807) is 18.9 Å². The van der Waals surface area contributed by atoms with Crippen molar-refractivity contribution in [1.82, 2.24) is 14.8 Å². The van der Waals surface area contributed by atoms with Crippen LogP contribution in [0.3, 0.4) is 0 Å². The highest BCUT2D eigenvalue weighted by atomic mass is 32.2. The fourth-order valence-corrected chi connectivity index (χ4v) is 5.62. The average Bonchev–Trinajstić information content (AvgIpc) is 3.26. The van der Waals surface area contributed by atoms with Crippen LogP contribution in [0.2, 0.25) is 0 Å². The highest BCUT2D eigenvalue weighted by Crippen LogP contribution is 2.35. The molecule has 0 N–H and O–H groups in total. The molecule has 5 heteroatoms. The Morgan fingerprint density at radius 3 is 2.14 bits per heavy atom. The maximum atomic E-state index is 5.37. The zero-order chi connectivity index (χ0) is 26.0. The van der Waals surface area contributed by atoms with Gasteiger partial charge in [0.2, 0.25) is 0 Å². The van der Waals surface area contributed by atoms with Crippen molar-refractivity contribution in [2.24, 2.45) is 0 Å². The molecule has 0 bridgehead atoms. The van der Waals surface area contributed by atoms with Crippen LogP contribution in [-0.2, 0) is 11.2 Å². The molecule has 4 rings (SSSR count). The topological polar surface area (TPSA) is 39.9 Å². The quantitative estimate of drug-likeness (QED) is 0.240. The average molecular weight is 500 g/mol. The number of aromatic nitrogens is 3. The summed E-state index contributed by atoms with van der Waals surface area (Å²) in [4.78, 5) is 0. The lowest BCUT2D eigenvalue weighted by molar-refractivity contribution is 0.415. The summed E-state index contributed by atoms with van der Waals surface area (Å²) in [7, 11) is 1.68. The molecule has 4 nitrogen and oxygen atoms in total. The van der Waals surface area contributed by atoms with E-state index in [9.17, 15) is 0 Å². The predicted octanol–water partition coefficient (Wildman–Crippen LogP) is 8.27. The third kappa shape index (κ3) is 5.36. The van der Waals surface area contributed by atoms with Crippen molar-refractivity contribution in [3.8, 4) is 22.8 Å². The van der Waals surface area contributed by atoms with Crippen molar-refractivity contribution < 1.29 is 4.74 Å². The molecule has 0 amide bonds. The second kappa shape index (κ2) is 10.5. The van der Waals surface area contributed by atoms with Gasteiger partial charge in [0.1, 0.15) is 5.75 Å². The summed E-state index contributed by atoms with van der Waals surface area (Å²) in [6, 6.07) is 21.3. The number of rotatable bonds is 7. The van der Waals surface area contributed by atoms with Crippen molar-refractivity contribution in [3.05, 3.63) is 88.5 Å². The van der Waals surface area contributed by atoms with E-state index in [-0.39, 0.29) is 5.41 Å². The van der Waals surface area contributed by atoms with Gasteiger partial charge in [0.25, 0.3) is 0 Å². The highest BCUT2D eigenvalue weighted by Gasteiger charge is 2.21. The van der Waals surface area contributed by atoms with E-state index in [2.05, 4.69) is 99.6 Å². The molecule has 3 aromatic carbocycles. The zero-order valence-electron chi connectivity index (χ0n) is 22.7. The first kappa shape index (κ1) is 26.0. The normalized spacial score (nSPS) is 11.8. The molecule has 1 aromatic heterocycles. The third-order valence-corrected chi connectivity index (χ3v) is 7.64. The molecule has 0 saturated heterocycles. The van der Waals surface area contributed by atoms with Crippen molar-refractivity contribution in [2.45, 2.75) is 70.7 Å². The number of ether oxygens (including phenoxy) is 1. The summed E-state index contributed by atoms with van der Waals surface area (Å²) in [5, 5.41) is 10.3. The number of methoxy groups -OCH3 is 1. The van der Waals surface area contributed by atoms with Gasteiger partial charge in [0, 0.05) is 11.3 Å². The Labute approximate surface area is 220 Å². The highest BCUT2D eigenvalue weighted by molar-refractivity contribution is 7.98. The van der Waals surface area contributed by atoms with Crippen LogP contribution in [0.4, 0.5) is 0 Å². The first-order chi connectivity index (χ1) is 17.1. The molecule has 0 unspecified atom stereocenters. The van der Waals surface area contributed by atoms with Crippen molar-refractivity contribution in [1.29, 1.82) is 0 Å². The second-order valence-corrected chi connectivity index (χ2v) is 11.7. The molecule has 0 aliphatic heterocycles. The summed E-state index contributed by atoms with van der Waals surface area (Å²) in [5.41, 5.74) is 8.95. The summed E-state index contributed by atoms with van der Waals surface area (Å²) in [6.07, 6.45) is 0. The van der Waals surface area contributed by atoms with Gasteiger partial charge < -0.3 is 4.74 Å². The zero-order valence-corrected chi connectivity index (χ0v) is 23.5. The van der Waals surface area contributed by atoms with Gasteiger partial charge in [-0.2, -0.15) is 0 Å². The van der Waals surface area contributed by atoms with E-state index in [1.165, 1.54) is 27.8 Å². The van der Waals surface area contributed by atoms with E-state index in [4.69, 9.17) is 4.74 Å². The Bertz CT molecular complexity index is 1320. The first-order valence-corrected chi connectivity index (χ1v) is 13.5. The van der Waals surface area contributed by atoms with Crippen LogP contribution in [-0.4, -0.2) is 21.9 Å². The molecule has 0 aliphatic rings. The summed E-state index contributed by atoms with van der Waals surface area (Å²) in [5.74, 6) is 2.88. The van der Waals surface area contributed by atoms with Gasteiger partial charge in [0.15, 0.2) is 11.0 Å². The first-order valence-electron chi connectivity index (χ1n) is 12.5. The smallest absolute Gasteiger partial charge is 0.196 e. The standard InChI is InChI=1S/C31H37N3OS/c1-20(2)26-11-9-10-12-28(26)34-29(23-13-15-25(35-8)16-14-23)32-33-30(34)36-19-27-21(3)17-24(18-22(27)4)31(5,6)7/h9-18,20H,19H2,1-8H3. The molecule has 188 valence electrons. The van der Waals surface area contributed by atoms with Gasteiger partial charge in [-0.3, -0.25) is 4.57 Å². The molecule has 4 aromatic rings. The second-order valence-electron chi connectivity index (χ2n) is 10.7. The predicted molar refractivity (Wildman–Crippen MR) is 152 cm³/mol. The van der Waals surface area contributed by atoms with Gasteiger partial charge >= 0.3 is 0 Å². The van der Waals surface area contributed by atoms with E-state index in [0.29, 0.717) is 5.92 Å². The number of aryl methyl sites for hydroxylation is 2. The number of hydrogen-bond donors (Lipinski definition) is 0. The molecule has 0 aliphatic carbocycles. The lowest BCUT2D eigenvalue weighted by atomic mass is 9.84. The van der Waals surface area contributed by atoms with E-state index >= 15 is 0 Å². The van der Waals surface area contributed by atoms with Crippen LogP contribution in [0.15, 0.2) is 65.8 Å². The molecule has 0 atom stereocenters. The molecule has 0 radical (unpaired) electrons. The van der Waals surface area contributed by atoms with Crippen LogP contribution >= 0.6 is 11.8 Å². The van der Waals surface area contributed by atoms with Gasteiger partial charge in [-0.1, -0.05) is 76.7 Å². The number of thioether (sulfide) groups is 1. The molecular formula is C31H37N3OS. The summed E-state index contributed by atoms with van der Waals surface area (Å²) >= 11 is 1.74. The Kier molecular flexibility index (Phi) is 7.60. The minimum Gasteiger partial charge on any atom is -0.497 e. The molecule has 36 heavy (non-hydrogen) atoms. The number of nitrogens with zero attached hydrogens (tertiary/aromatic N) is 3. The fraction of sp³-hybridized carbons (Fsp3) is 0.355. The SMILES string of the molecule is COc1ccc(-c2nnc(SCc3c(C)cc(C(C)(C)C)cc3C)n2-c2ccccc2C(C)C)cc1. The van der Waals surface area contributed by atoms with Crippen LogP contribution < -0.4 is 4.74 Å². The maximum absolute atomic E-state index is 5.37. The molecule has 0 spiro atoms. The molecule has 0 saturated carbocycles. The largest absolute Gasteiger partial charge is 0.497 e. The number of benzene rings is 3. The molecule has 0 fully saturated rings. The molecular weight excluding hydrogens is 462 g/mol. The van der Waals surface area contributed by atoms with Gasteiger partial charge in [0.05, 0.1) is 12.8 Å². The van der Waals surface area contributed by atoms with Crippen LogP contribution in [0.25, 0.3) is 17.1 Å². The monoisotopic (exact) mass is 499 g/mol. The van der Waals surface area contributed by atoms with Crippen LogP contribution in [0.5, 0.6) is 5.75 Å². The summed E-state index contributed by atoms with van der Waals surface area (Å²) < 4.78 is 7.59. The van der Waals surface area contributed by atoms with Gasteiger partial charge in [-0.15, -0.1) is 10.2 Å². The van der Waals surface area contributed by atoms with Crippen molar-refractivity contribution >= 4 is 11.8 Å². The Hall–Kier alpha value is -3.05.